The minimum Gasteiger partial charge on any atom is -0.351 e. The topological polar surface area (TPSA) is 75.3 Å². The zero-order valence-electron chi connectivity index (χ0n) is 15.7. The Morgan fingerprint density at radius 2 is 1.69 bits per heavy atom. The molecule has 1 amide bonds. The Hall–Kier alpha value is -1.11. The van der Waals surface area contributed by atoms with E-state index < -0.39 is 15.1 Å². The number of hydrogen-bond acceptors (Lipinski definition) is 4. The van der Waals surface area contributed by atoms with Crippen molar-refractivity contribution >= 4 is 28.2 Å². The van der Waals surface area contributed by atoms with Crippen molar-refractivity contribution in [3.05, 3.63) is 29.8 Å². The number of benzene rings is 1. The molecule has 1 aliphatic carbocycles. The second kappa shape index (κ2) is 10.9. The first-order valence-electron chi connectivity index (χ1n) is 9.27. The molecule has 26 heavy (non-hydrogen) atoms. The fourth-order valence-electron chi connectivity index (χ4n) is 3.19. The zero-order chi connectivity index (χ0) is 18.3. The van der Waals surface area contributed by atoms with Gasteiger partial charge in [0.1, 0.15) is 0 Å². The van der Waals surface area contributed by atoms with Gasteiger partial charge in [-0.1, -0.05) is 37.8 Å². The van der Waals surface area contributed by atoms with Gasteiger partial charge in [0.15, 0.2) is 9.84 Å². The predicted molar refractivity (Wildman–Crippen MR) is 108 cm³/mol. The molecule has 7 heteroatoms. The number of sulfone groups is 1. The van der Waals surface area contributed by atoms with Gasteiger partial charge in [0, 0.05) is 19.1 Å². The van der Waals surface area contributed by atoms with Crippen LogP contribution in [0.4, 0.5) is 0 Å². The molecule has 1 fully saturated rings. The van der Waals surface area contributed by atoms with Crippen LogP contribution in [0.15, 0.2) is 29.2 Å². The molecular formula is C19H31ClN2O3S. The molecule has 1 saturated carbocycles. The van der Waals surface area contributed by atoms with Gasteiger partial charge in [-0.15, -0.1) is 12.4 Å². The lowest BCUT2D eigenvalue weighted by atomic mass is 10.1. The second-order valence-corrected chi connectivity index (χ2v) is 9.46. The van der Waals surface area contributed by atoms with Crippen LogP contribution in [0.5, 0.6) is 0 Å². The van der Waals surface area contributed by atoms with Gasteiger partial charge >= 0.3 is 0 Å². The van der Waals surface area contributed by atoms with Crippen LogP contribution in [0.3, 0.4) is 0 Å². The first-order chi connectivity index (χ1) is 11.9. The Morgan fingerprint density at radius 3 is 2.31 bits per heavy atom. The average Bonchev–Trinajstić information content (AvgIpc) is 2.87. The molecule has 2 N–H and O–H groups in total. The molecule has 0 spiro atoms. The number of hydrogen-bond donors (Lipinski definition) is 2. The normalized spacial score (nSPS) is 16.0. The van der Waals surface area contributed by atoms with Gasteiger partial charge in [-0.25, -0.2) is 8.42 Å². The highest BCUT2D eigenvalue weighted by Gasteiger charge is 2.25. The number of nitrogens with one attached hydrogen (secondary N) is 2. The summed E-state index contributed by atoms with van der Waals surface area (Å²) in [6, 6.07) is 6.96. The van der Waals surface area contributed by atoms with Crippen molar-refractivity contribution in [3.8, 4) is 0 Å². The third-order valence-corrected chi connectivity index (χ3v) is 6.97. The van der Waals surface area contributed by atoms with Crippen molar-refractivity contribution in [1.29, 1.82) is 0 Å². The minimum atomic E-state index is -3.48. The molecule has 0 bridgehead atoms. The average molecular weight is 403 g/mol. The van der Waals surface area contributed by atoms with Crippen molar-refractivity contribution in [2.24, 2.45) is 0 Å². The number of amides is 1. The van der Waals surface area contributed by atoms with Crippen molar-refractivity contribution in [2.75, 3.05) is 13.1 Å². The molecular weight excluding hydrogens is 372 g/mol. The van der Waals surface area contributed by atoms with Gasteiger partial charge in [0.2, 0.25) is 0 Å². The molecule has 5 nitrogen and oxygen atoms in total. The number of carbonyl (C=O) groups is 1. The first-order valence-corrected chi connectivity index (χ1v) is 10.8. The summed E-state index contributed by atoms with van der Waals surface area (Å²) in [6.07, 6.45) is 7.56. The van der Waals surface area contributed by atoms with E-state index in [9.17, 15) is 13.2 Å². The highest BCUT2D eigenvalue weighted by Crippen LogP contribution is 2.20. The van der Waals surface area contributed by atoms with Crippen LogP contribution < -0.4 is 10.6 Å². The highest BCUT2D eigenvalue weighted by atomic mass is 35.5. The third-order valence-electron chi connectivity index (χ3n) is 4.76. The highest BCUT2D eigenvalue weighted by molar-refractivity contribution is 7.92. The maximum absolute atomic E-state index is 12.4. The summed E-state index contributed by atoms with van der Waals surface area (Å²) < 4.78 is 24.9. The molecule has 0 aromatic heterocycles. The summed E-state index contributed by atoms with van der Waals surface area (Å²) in [5.41, 5.74) is 0.227. The number of halogens is 1. The van der Waals surface area contributed by atoms with Crippen LogP contribution in [0.1, 0.15) is 62.7 Å². The molecule has 0 heterocycles. The van der Waals surface area contributed by atoms with Crippen molar-refractivity contribution < 1.29 is 13.2 Å². The van der Waals surface area contributed by atoms with Crippen LogP contribution in [0, 0.1) is 0 Å². The maximum Gasteiger partial charge on any atom is 0.252 e. The van der Waals surface area contributed by atoms with E-state index in [2.05, 4.69) is 10.6 Å². The van der Waals surface area contributed by atoms with E-state index in [0.717, 1.165) is 0 Å². The monoisotopic (exact) mass is 402 g/mol. The van der Waals surface area contributed by atoms with Crippen LogP contribution in [-0.2, 0) is 9.84 Å². The predicted octanol–water partition coefficient (Wildman–Crippen LogP) is 3.33. The van der Waals surface area contributed by atoms with Gasteiger partial charge in [0.25, 0.3) is 5.91 Å². The molecule has 148 valence electrons. The molecule has 0 saturated heterocycles. The quantitative estimate of drug-likeness (QED) is 0.541. The number of carbonyl (C=O) groups excluding carboxylic acids is 1. The van der Waals surface area contributed by atoms with E-state index in [-0.39, 0.29) is 28.8 Å². The summed E-state index contributed by atoms with van der Waals surface area (Å²) in [4.78, 5) is 12.5. The van der Waals surface area contributed by atoms with E-state index in [1.807, 2.05) is 0 Å². The van der Waals surface area contributed by atoms with E-state index in [1.54, 1.807) is 32.0 Å². The van der Waals surface area contributed by atoms with Crippen LogP contribution in [0.25, 0.3) is 0 Å². The van der Waals surface area contributed by atoms with E-state index in [1.165, 1.54) is 44.6 Å². The van der Waals surface area contributed by atoms with E-state index >= 15 is 0 Å². The van der Waals surface area contributed by atoms with Crippen molar-refractivity contribution in [3.63, 3.8) is 0 Å². The van der Waals surface area contributed by atoms with Crippen molar-refractivity contribution in [2.45, 2.75) is 68.6 Å². The van der Waals surface area contributed by atoms with E-state index in [4.69, 9.17) is 0 Å². The Labute approximate surface area is 163 Å². The van der Waals surface area contributed by atoms with Crippen LogP contribution >= 0.6 is 12.4 Å². The second-order valence-electron chi connectivity index (χ2n) is 6.99. The number of rotatable bonds is 7. The zero-order valence-corrected chi connectivity index (χ0v) is 17.3. The molecule has 1 aromatic carbocycles. The lowest BCUT2D eigenvalue weighted by Crippen LogP contribution is -2.37. The van der Waals surface area contributed by atoms with Gasteiger partial charge in [-0.3, -0.25) is 4.79 Å². The SMILES string of the molecule is CC(C)S(=O)(=O)c1ccccc1C(=O)NCCNC1CCCCCC1.Cl. The summed E-state index contributed by atoms with van der Waals surface area (Å²) in [7, 11) is -3.48. The van der Waals surface area contributed by atoms with Crippen LogP contribution in [-0.4, -0.2) is 38.7 Å². The van der Waals surface area contributed by atoms with Gasteiger partial charge in [-0.2, -0.15) is 0 Å². The summed E-state index contributed by atoms with van der Waals surface area (Å²) in [5.74, 6) is -0.331. The van der Waals surface area contributed by atoms with E-state index in [0.29, 0.717) is 19.1 Å². The fraction of sp³-hybridized carbons (Fsp3) is 0.632. The molecule has 2 rings (SSSR count). The lowest BCUT2D eigenvalue weighted by molar-refractivity contribution is 0.0950. The minimum absolute atomic E-state index is 0. The molecule has 1 aliphatic rings. The van der Waals surface area contributed by atoms with Gasteiger partial charge in [0.05, 0.1) is 15.7 Å². The van der Waals surface area contributed by atoms with Crippen molar-refractivity contribution in [1.82, 2.24) is 10.6 Å². The largest absolute Gasteiger partial charge is 0.351 e. The Bertz CT molecular complexity index is 669. The summed E-state index contributed by atoms with van der Waals surface area (Å²) in [6.45, 7) is 4.45. The van der Waals surface area contributed by atoms with Gasteiger partial charge in [-0.05, 0) is 38.8 Å². The molecule has 1 aromatic rings. The summed E-state index contributed by atoms with van der Waals surface area (Å²) >= 11 is 0. The Balaban J connectivity index is 0.00000338. The smallest absolute Gasteiger partial charge is 0.252 e. The third kappa shape index (κ3) is 6.25. The Morgan fingerprint density at radius 1 is 1.08 bits per heavy atom. The molecule has 0 aliphatic heterocycles. The Kier molecular flexibility index (Phi) is 9.61. The first kappa shape index (κ1) is 22.9. The lowest BCUT2D eigenvalue weighted by Gasteiger charge is -2.17. The fourth-order valence-corrected chi connectivity index (χ4v) is 4.43. The maximum atomic E-state index is 12.4. The van der Waals surface area contributed by atoms with Crippen LogP contribution in [0.2, 0.25) is 0 Å². The van der Waals surface area contributed by atoms with Gasteiger partial charge < -0.3 is 10.6 Å². The standard InChI is InChI=1S/C19H30N2O3S.ClH/c1-15(2)25(23,24)18-12-8-7-11-17(18)19(22)21-14-13-20-16-9-5-3-4-6-10-16;/h7-8,11-12,15-16,20H,3-6,9-10,13-14H2,1-2H3,(H,21,22);1H. The molecule has 0 radical (unpaired) electrons. The molecule has 0 atom stereocenters. The summed E-state index contributed by atoms with van der Waals surface area (Å²) in [5, 5.41) is 5.78. The molecule has 0 unspecified atom stereocenters.